The van der Waals surface area contributed by atoms with Gasteiger partial charge in [-0.15, -0.1) is 11.6 Å². The van der Waals surface area contributed by atoms with Crippen molar-refractivity contribution in [2.24, 2.45) is 0 Å². The van der Waals surface area contributed by atoms with Crippen LogP contribution in [0.4, 0.5) is 0 Å². The molecule has 1 saturated heterocycles. The Bertz CT molecular complexity index is 241. The number of hydrogen-bond donors (Lipinski definition) is 1. The first-order valence-electron chi connectivity index (χ1n) is 5.94. The third kappa shape index (κ3) is 5.21. The highest BCUT2D eigenvalue weighted by atomic mass is 35.5. The fraction of sp³-hybridized carbons (Fsp3) is 0.909. The summed E-state index contributed by atoms with van der Waals surface area (Å²) >= 11 is 5.82. The van der Waals surface area contributed by atoms with Gasteiger partial charge in [0.05, 0.1) is 19.8 Å². The van der Waals surface area contributed by atoms with Crippen molar-refractivity contribution in [3.05, 3.63) is 0 Å². The molecule has 2 unspecified atom stereocenters. The number of halogens is 1. The molecule has 2 atom stereocenters. The smallest absolute Gasteiger partial charge is 0.325 e. The van der Waals surface area contributed by atoms with E-state index in [2.05, 4.69) is 21.9 Å². The largest absolute Gasteiger partial charge is 0.468 e. The van der Waals surface area contributed by atoms with E-state index in [1.165, 1.54) is 7.11 Å². The van der Waals surface area contributed by atoms with E-state index in [1.54, 1.807) is 0 Å². The van der Waals surface area contributed by atoms with Gasteiger partial charge < -0.3 is 14.8 Å². The minimum atomic E-state index is -0.633. The van der Waals surface area contributed by atoms with Crippen LogP contribution in [-0.2, 0) is 14.3 Å². The molecule has 17 heavy (non-hydrogen) atoms. The summed E-state index contributed by atoms with van der Waals surface area (Å²) in [5.41, 5.74) is 0. The number of nitrogens with one attached hydrogen (secondary N) is 1. The second kappa shape index (κ2) is 7.87. The van der Waals surface area contributed by atoms with Gasteiger partial charge in [0.15, 0.2) is 0 Å². The quantitative estimate of drug-likeness (QED) is 0.544. The highest BCUT2D eigenvalue weighted by Crippen LogP contribution is 2.04. The lowest BCUT2D eigenvalue weighted by atomic mass is 10.2. The molecule has 0 spiro atoms. The van der Waals surface area contributed by atoms with Crippen LogP contribution < -0.4 is 5.32 Å². The topological polar surface area (TPSA) is 50.8 Å². The number of likely N-dealkylation sites (N-methyl/N-ethyl adjacent to an activating group) is 1. The van der Waals surface area contributed by atoms with Crippen LogP contribution in [0.3, 0.4) is 0 Å². The average molecular weight is 265 g/mol. The minimum Gasteiger partial charge on any atom is -0.468 e. The zero-order valence-electron chi connectivity index (χ0n) is 10.4. The van der Waals surface area contributed by atoms with Crippen molar-refractivity contribution in [3.63, 3.8) is 0 Å². The molecule has 0 bridgehead atoms. The van der Waals surface area contributed by atoms with Gasteiger partial charge in [0.1, 0.15) is 5.38 Å². The normalized spacial score (nSPS) is 23.4. The Hall–Kier alpha value is -0.360. The fourth-order valence-corrected chi connectivity index (χ4v) is 1.97. The highest BCUT2D eigenvalue weighted by molar-refractivity contribution is 6.30. The molecule has 0 radical (unpaired) electrons. The molecule has 0 aliphatic carbocycles. The maximum atomic E-state index is 11.1. The first kappa shape index (κ1) is 14.7. The van der Waals surface area contributed by atoms with Gasteiger partial charge in [-0.05, 0) is 6.54 Å². The Balaban J connectivity index is 2.15. The molecule has 100 valence electrons. The van der Waals surface area contributed by atoms with Gasteiger partial charge in [-0.2, -0.15) is 0 Å². The van der Waals surface area contributed by atoms with Crippen LogP contribution in [0.2, 0.25) is 0 Å². The van der Waals surface area contributed by atoms with E-state index in [1.807, 2.05) is 0 Å². The summed E-state index contributed by atoms with van der Waals surface area (Å²) in [6.07, 6.45) is 0.171. The van der Waals surface area contributed by atoms with Crippen molar-refractivity contribution in [1.29, 1.82) is 0 Å². The molecule has 0 saturated carbocycles. The van der Waals surface area contributed by atoms with Crippen molar-refractivity contribution in [2.45, 2.75) is 18.4 Å². The zero-order chi connectivity index (χ0) is 12.7. The van der Waals surface area contributed by atoms with Gasteiger partial charge >= 0.3 is 5.97 Å². The minimum absolute atomic E-state index is 0.171. The second-order valence-corrected chi connectivity index (χ2v) is 4.56. The molecule has 1 fully saturated rings. The van der Waals surface area contributed by atoms with Gasteiger partial charge in [0.2, 0.25) is 0 Å². The summed E-state index contributed by atoms with van der Waals surface area (Å²) < 4.78 is 10.2. The number of alkyl halides is 1. The van der Waals surface area contributed by atoms with Gasteiger partial charge in [-0.3, -0.25) is 9.69 Å². The number of carbonyl (C=O) groups excluding carboxylic acids is 1. The number of esters is 1. The van der Waals surface area contributed by atoms with Crippen molar-refractivity contribution in [1.82, 2.24) is 10.2 Å². The van der Waals surface area contributed by atoms with Gasteiger partial charge in [0, 0.05) is 26.2 Å². The number of carbonyl (C=O) groups is 1. The maximum Gasteiger partial charge on any atom is 0.325 e. The molecule has 1 N–H and O–H groups in total. The number of nitrogens with zero attached hydrogens (tertiary/aromatic N) is 1. The summed E-state index contributed by atoms with van der Waals surface area (Å²) in [5, 5.41) is 2.50. The number of ether oxygens (including phenoxy) is 2. The van der Waals surface area contributed by atoms with E-state index < -0.39 is 11.3 Å². The van der Waals surface area contributed by atoms with E-state index >= 15 is 0 Å². The Morgan fingerprint density at radius 1 is 1.71 bits per heavy atom. The Morgan fingerprint density at radius 3 is 3.12 bits per heavy atom. The molecule has 0 aromatic rings. The predicted molar refractivity (Wildman–Crippen MR) is 66.4 cm³/mol. The van der Waals surface area contributed by atoms with Crippen LogP contribution >= 0.6 is 11.6 Å². The Morgan fingerprint density at radius 2 is 2.47 bits per heavy atom. The van der Waals surface area contributed by atoms with Gasteiger partial charge in [-0.1, -0.05) is 6.92 Å². The van der Waals surface area contributed by atoms with Crippen molar-refractivity contribution in [3.8, 4) is 0 Å². The maximum absolute atomic E-state index is 11.1. The predicted octanol–water partition coefficient (Wildman–Crippen LogP) is 0.0771. The average Bonchev–Trinajstić information content (AvgIpc) is 2.37. The lowest BCUT2D eigenvalue weighted by Gasteiger charge is -2.32. The molecule has 5 nitrogen and oxygen atoms in total. The summed E-state index contributed by atoms with van der Waals surface area (Å²) in [6.45, 7) is 6.97. The molecule has 1 rings (SSSR count). The number of methoxy groups -OCH3 is 1. The number of rotatable bonds is 6. The van der Waals surface area contributed by atoms with Crippen molar-refractivity contribution < 1.29 is 14.3 Å². The van der Waals surface area contributed by atoms with E-state index in [0.717, 1.165) is 26.2 Å². The molecule has 0 amide bonds. The summed E-state index contributed by atoms with van der Waals surface area (Å²) in [7, 11) is 1.33. The van der Waals surface area contributed by atoms with Gasteiger partial charge in [-0.25, -0.2) is 0 Å². The van der Waals surface area contributed by atoms with Crippen LogP contribution in [0.5, 0.6) is 0 Å². The van der Waals surface area contributed by atoms with E-state index in [0.29, 0.717) is 13.1 Å². The van der Waals surface area contributed by atoms with E-state index in [-0.39, 0.29) is 6.10 Å². The summed E-state index contributed by atoms with van der Waals surface area (Å²) in [5.74, 6) is -0.404. The van der Waals surface area contributed by atoms with Crippen LogP contribution in [0.15, 0.2) is 0 Å². The van der Waals surface area contributed by atoms with Crippen LogP contribution in [-0.4, -0.2) is 68.8 Å². The van der Waals surface area contributed by atoms with Gasteiger partial charge in [0.25, 0.3) is 0 Å². The standard InChI is InChI=1S/C11H21ClN2O3/c1-3-14-4-5-17-9(8-14)6-13-7-10(12)11(15)16-2/h9-10,13H,3-8H2,1-2H3. The molecular weight excluding hydrogens is 244 g/mol. The molecule has 1 heterocycles. The SMILES string of the molecule is CCN1CCOC(CNCC(Cl)C(=O)OC)C1. The lowest BCUT2D eigenvalue weighted by molar-refractivity contribution is -0.140. The van der Waals surface area contributed by atoms with Crippen molar-refractivity contribution >= 4 is 17.6 Å². The van der Waals surface area contributed by atoms with Crippen LogP contribution in [0.25, 0.3) is 0 Å². The molecule has 1 aliphatic heterocycles. The van der Waals surface area contributed by atoms with E-state index in [9.17, 15) is 4.79 Å². The Labute approximate surface area is 107 Å². The first-order valence-corrected chi connectivity index (χ1v) is 6.37. The monoisotopic (exact) mass is 264 g/mol. The molecule has 1 aliphatic rings. The summed E-state index contributed by atoms with van der Waals surface area (Å²) in [6, 6.07) is 0. The third-order valence-corrected chi connectivity index (χ3v) is 3.16. The Kier molecular flexibility index (Phi) is 6.80. The molecule has 0 aromatic heterocycles. The molecule has 6 heteroatoms. The molecular formula is C11H21ClN2O3. The number of morpholine rings is 1. The van der Waals surface area contributed by atoms with Crippen molar-refractivity contribution in [2.75, 3.05) is 46.4 Å². The lowest BCUT2D eigenvalue weighted by Crippen LogP contribution is -2.47. The van der Waals surface area contributed by atoms with E-state index in [4.69, 9.17) is 16.3 Å². The summed E-state index contributed by atoms with van der Waals surface area (Å²) in [4.78, 5) is 13.4. The fourth-order valence-electron chi connectivity index (χ4n) is 1.77. The second-order valence-electron chi connectivity index (χ2n) is 4.03. The number of hydrogen-bond acceptors (Lipinski definition) is 5. The van der Waals surface area contributed by atoms with Crippen LogP contribution in [0, 0.1) is 0 Å². The highest BCUT2D eigenvalue weighted by Gasteiger charge is 2.20. The first-order chi connectivity index (χ1) is 8.17. The molecule has 0 aromatic carbocycles. The third-order valence-electron chi connectivity index (χ3n) is 2.82. The zero-order valence-corrected chi connectivity index (χ0v) is 11.2. The van der Waals surface area contributed by atoms with Crippen LogP contribution in [0.1, 0.15) is 6.92 Å².